The number of rotatable bonds is 13. The number of aliphatic hydroxyl groups excluding tert-OH is 1. The van der Waals surface area contributed by atoms with Gasteiger partial charge in [-0.1, -0.05) is 25.6 Å². The SMILES string of the molecule is COC(=O)/C=C/C(=O)SCCNC(=O)CCNC(=O)[C@H](O)C(C)(C)COP(=O)(O)O. The molecule has 0 aliphatic heterocycles. The monoisotopic (exact) mass is 470 g/mol. The minimum atomic E-state index is -4.74. The van der Waals surface area contributed by atoms with E-state index in [0.29, 0.717) is 0 Å². The van der Waals surface area contributed by atoms with Gasteiger partial charge in [-0.3, -0.25) is 18.9 Å². The quantitative estimate of drug-likeness (QED) is 0.0970. The van der Waals surface area contributed by atoms with Crippen molar-refractivity contribution in [1.29, 1.82) is 0 Å². The average molecular weight is 470 g/mol. The molecular formula is C16H27N2O10PS. The van der Waals surface area contributed by atoms with Gasteiger partial charge in [-0.25, -0.2) is 9.36 Å². The van der Waals surface area contributed by atoms with E-state index >= 15 is 0 Å². The van der Waals surface area contributed by atoms with Crippen LogP contribution in [0.4, 0.5) is 0 Å². The molecule has 0 fully saturated rings. The standard InChI is InChI=1S/C16H27N2O10PS/c1-16(2,10-28-29(24,25)26)14(22)15(23)18-7-6-11(19)17-8-9-30-13(21)5-4-12(20)27-3/h4-5,14,22H,6-10H2,1-3H3,(H,17,19)(H,18,23)(H2,24,25,26)/b5-4+/t14-/m0/s1. The summed E-state index contributed by atoms with van der Waals surface area (Å²) in [4.78, 5) is 63.3. The Kier molecular flexibility index (Phi) is 12.7. The number of aliphatic hydroxyl groups is 1. The van der Waals surface area contributed by atoms with Crippen LogP contribution in [0.1, 0.15) is 20.3 Å². The lowest BCUT2D eigenvalue weighted by Crippen LogP contribution is -2.46. The maximum atomic E-state index is 11.9. The number of phosphoric acid groups is 1. The van der Waals surface area contributed by atoms with Gasteiger partial charge < -0.3 is 30.3 Å². The Morgan fingerprint density at radius 2 is 1.77 bits per heavy atom. The number of hydrogen-bond donors (Lipinski definition) is 5. The molecule has 0 heterocycles. The number of carbonyl (C=O) groups is 4. The van der Waals surface area contributed by atoms with Gasteiger partial charge in [0.15, 0.2) is 0 Å². The first-order chi connectivity index (χ1) is 13.8. The van der Waals surface area contributed by atoms with Gasteiger partial charge in [-0.2, -0.15) is 0 Å². The highest BCUT2D eigenvalue weighted by Crippen LogP contribution is 2.38. The zero-order valence-corrected chi connectivity index (χ0v) is 18.5. The highest BCUT2D eigenvalue weighted by molar-refractivity contribution is 8.14. The first-order valence-corrected chi connectivity index (χ1v) is 11.2. The van der Waals surface area contributed by atoms with Crippen molar-refractivity contribution in [1.82, 2.24) is 10.6 Å². The van der Waals surface area contributed by atoms with Crippen molar-refractivity contribution in [2.45, 2.75) is 26.4 Å². The van der Waals surface area contributed by atoms with E-state index in [1.165, 1.54) is 21.0 Å². The van der Waals surface area contributed by atoms with Gasteiger partial charge in [-0.05, 0) is 6.08 Å². The summed E-state index contributed by atoms with van der Waals surface area (Å²) in [5.41, 5.74) is -1.28. The zero-order chi connectivity index (χ0) is 23.4. The first kappa shape index (κ1) is 28.2. The molecule has 0 spiro atoms. The summed E-state index contributed by atoms with van der Waals surface area (Å²) in [6, 6.07) is 0. The molecule has 0 aliphatic rings. The lowest BCUT2D eigenvalue weighted by atomic mass is 9.87. The van der Waals surface area contributed by atoms with E-state index in [-0.39, 0.29) is 30.4 Å². The van der Waals surface area contributed by atoms with E-state index in [2.05, 4.69) is 19.9 Å². The Labute approximate surface area is 178 Å². The number of esters is 1. The van der Waals surface area contributed by atoms with Crippen LogP contribution in [-0.2, 0) is 33.0 Å². The van der Waals surface area contributed by atoms with Crippen LogP contribution in [-0.4, -0.2) is 76.5 Å². The summed E-state index contributed by atoms with van der Waals surface area (Å²) in [5.74, 6) is -1.59. The predicted octanol–water partition coefficient (Wildman–Crippen LogP) is -0.906. The highest BCUT2D eigenvalue weighted by atomic mass is 32.2. The fourth-order valence-corrected chi connectivity index (χ4v) is 2.83. The molecule has 1 atom stereocenters. The summed E-state index contributed by atoms with van der Waals surface area (Å²) in [5, 5.41) is 14.5. The average Bonchev–Trinajstić information content (AvgIpc) is 2.66. The molecular weight excluding hydrogens is 443 g/mol. The van der Waals surface area contributed by atoms with Crippen LogP contribution < -0.4 is 10.6 Å². The van der Waals surface area contributed by atoms with Crippen molar-refractivity contribution in [2.24, 2.45) is 5.41 Å². The highest BCUT2D eigenvalue weighted by Gasteiger charge is 2.35. The summed E-state index contributed by atoms with van der Waals surface area (Å²) in [6.45, 7) is 2.32. The van der Waals surface area contributed by atoms with E-state index in [1.54, 1.807) is 0 Å². The summed E-state index contributed by atoms with van der Waals surface area (Å²) in [7, 11) is -3.55. The second-order valence-electron chi connectivity index (χ2n) is 6.57. The van der Waals surface area contributed by atoms with Crippen LogP contribution in [0.2, 0.25) is 0 Å². The van der Waals surface area contributed by atoms with Crippen molar-refractivity contribution in [3.63, 3.8) is 0 Å². The smallest absolute Gasteiger partial charge is 0.466 e. The van der Waals surface area contributed by atoms with Crippen LogP contribution in [0, 0.1) is 5.41 Å². The van der Waals surface area contributed by atoms with E-state index < -0.39 is 43.7 Å². The molecule has 12 nitrogen and oxygen atoms in total. The number of phosphoric ester groups is 1. The Morgan fingerprint density at radius 3 is 2.33 bits per heavy atom. The van der Waals surface area contributed by atoms with E-state index in [9.17, 15) is 28.8 Å². The molecule has 0 radical (unpaired) electrons. The molecule has 0 aromatic rings. The fourth-order valence-electron chi connectivity index (χ4n) is 1.76. The molecule has 0 bridgehead atoms. The zero-order valence-electron chi connectivity index (χ0n) is 16.8. The Hall–Kier alpha value is -1.76. The second-order valence-corrected chi connectivity index (χ2v) is 8.91. The number of nitrogens with one attached hydrogen (secondary N) is 2. The fraction of sp³-hybridized carbons (Fsp3) is 0.625. The van der Waals surface area contributed by atoms with Gasteiger partial charge in [0.25, 0.3) is 0 Å². The number of hydrogen-bond acceptors (Lipinski definition) is 9. The van der Waals surface area contributed by atoms with Gasteiger partial charge in [-0.15, -0.1) is 0 Å². The van der Waals surface area contributed by atoms with E-state index in [4.69, 9.17) is 9.79 Å². The van der Waals surface area contributed by atoms with Crippen molar-refractivity contribution in [2.75, 3.05) is 32.6 Å². The topological polar surface area (TPSA) is 189 Å². The molecule has 0 rings (SSSR count). The normalized spacial score (nSPS) is 13.0. The Bertz CT molecular complexity index is 692. The molecule has 0 aliphatic carbocycles. The lowest BCUT2D eigenvalue weighted by molar-refractivity contribution is -0.137. The summed E-state index contributed by atoms with van der Waals surface area (Å²) < 4.78 is 19.4. The van der Waals surface area contributed by atoms with Crippen LogP contribution in [0.5, 0.6) is 0 Å². The van der Waals surface area contributed by atoms with Gasteiger partial charge in [0, 0.05) is 36.8 Å². The van der Waals surface area contributed by atoms with Crippen LogP contribution >= 0.6 is 19.6 Å². The maximum absolute atomic E-state index is 11.9. The van der Waals surface area contributed by atoms with Crippen molar-refractivity contribution < 1.29 is 47.9 Å². The minimum Gasteiger partial charge on any atom is -0.466 e. The number of amides is 2. The molecule has 0 unspecified atom stereocenters. The molecule has 172 valence electrons. The van der Waals surface area contributed by atoms with Crippen LogP contribution in [0.3, 0.4) is 0 Å². The molecule has 5 N–H and O–H groups in total. The molecule has 14 heteroatoms. The summed E-state index contributed by atoms with van der Waals surface area (Å²) >= 11 is 0.894. The third-order valence-corrected chi connectivity index (χ3v) is 4.76. The first-order valence-electron chi connectivity index (χ1n) is 8.64. The maximum Gasteiger partial charge on any atom is 0.469 e. The molecule has 2 amide bonds. The van der Waals surface area contributed by atoms with Crippen molar-refractivity contribution in [3.8, 4) is 0 Å². The van der Waals surface area contributed by atoms with Gasteiger partial charge in [0.2, 0.25) is 16.9 Å². The molecule has 0 aromatic carbocycles. The van der Waals surface area contributed by atoms with Gasteiger partial charge in [0.05, 0.1) is 13.7 Å². The Balaban J connectivity index is 4.11. The van der Waals surface area contributed by atoms with Crippen LogP contribution in [0.15, 0.2) is 12.2 Å². The molecule has 30 heavy (non-hydrogen) atoms. The molecule has 0 saturated carbocycles. The van der Waals surface area contributed by atoms with Crippen molar-refractivity contribution >= 4 is 42.5 Å². The molecule has 0 aromatic heterocycles. The van der Waals surface area contributed by atoms with Crippen molar-refractivity contribution in [3.05, 3.63) is 12.2 Å². The van der Waals surface area contributed by atoms with E-state index in [1.807, 2.05) is 0 Å². The van der Waals surface area contributed by atoms with Gasteiger partial charge >= 0.3 is 13.8 Å². The Morgan fingerprint density at radius 1 is 1.13 bits per heavy atom. The largest absolute Gasteiger partial charge is 0.469 e. The second kappa shape index (κ2) is 13.5. The van der Waals surface area contributed by atoms with E-state index in [0.717, 1.165) is 23.9 Å². The molecule has 0 saturated heterocycles. The number of thioether (sulfide) groups is 1. The van der Waals surface area contributed by atoms with Gasteiger partial charge in [0.1, 0.15) is 6.10 Å². The number of methoxy groups -OCH3 is 1. The predicted molar refractivity (Wildman–Crippen MR) is 107 cm³/mol. The third-order valence-electron chi connectivity index (χ3n) is 3.47. The number of carbonyl (C=O) groups excluding carboxylic acids is 4. The third kappa shape index (κ3) is 13.5. The lowest BCUT2D eigenvalue weighted by Gasteiger charge is -2.29. The minimum absolute atomic E-state index is 0.0783. The summed E-state index contributed by atoms with van der Waals surface area (Å²) in [6.07, 6.45) is 0.349. The van der Waals surface area contributed by atoms with Crippen LogP contribution in [0.25, 0.3) is 0 Å². The number of ether oxygens (including phenoxy) is 1.